The molecule has 3 nitrogen and oxygen atoms in total. The lowest BCUT2D eigenvalue weighted by Gasteiger charge is -2.23. The number of rotatable bonds is 4. The summed E-state index contributed by atoms with van der Waals surface area (Å²) in [5.74, 6) is 0.788. The van der Waals surface area contributed by atoms with Gasteiger partial charge in [0.25, 0.3) is 0 Å². The lowest BCUT2D eigenvalue weighted by molar-refractivity contribution is -0.110. The summed E-state index contributed by atoms with van der Waals surface area (Å²) in [5, 5.41) is 0. The number of carbonyl (C=O) groups is 1. The van der Waals surface area contributed by atoms with Crippen LogP contribution in [-0.2, 0) is 10.2 Å². The van der Waals surface area contributed by atoms with Crippen LogP contribution >= 0.6 is 0 Å². The molecule has 0 atom stereocenters. The zero-order valence-electron chi connectivity index (χ0n) is 15.1. The van der Waals surface area contributed by atoms with E-state index >= 15 is 0 Å². The van der Waals surface area contributed by atoms with Crippen molar-refractivity contribution in [1.29, 1.82) is 0 Å². The molecule has 0 aliphatic carbocycles. The van der Waals surface area contributed by atoms with Crippen molar-refractivity contribution in [2.45, 2.75) is 19.3 Å². The molecule has 1 aliphatic rings. The van der Waals surface area contributed by atoms with Crippen LogP contribution < -0.4 is 9.64 Å². The minimum absolute atomic E-state index is 0.0152. The van der Waals surface area contributed by atoms with Crippen molar-refractivity contribution in [3.05, 3.63) is 77.5 Å². The van der Waals surface area contributed by atoms with Gasteiger partial charge in [0.1, 0.15) is 5.75 Å². The maximum absolute atomic E-state index is 12.5. The topological polar surface area (TPSA) is 29.5 Å². The third-order valence-corrected chi connectivity index (χ3v) is 4.78. The van der Waals surface area contributed by atoms with E-state index in [0.717, 1.165) is 22.7 Å². The van der Waals surface area contributed by atoms with Crippen molar-refractivity contribution >= 4 is 17.5 Å². The van der Waals surface area contributed by atoms with Crippen LogP contribution in [0.2, 0.25) is 0 Å². The highest BCUT2D eigenvalue weighted by Crippen LogP contribution is 2.46. The van der Waals surface area contributed by atoms with Gasteiger partial charge >= 0.3 is 0 Å². The number of nitrogens with zero attached hydrogens (tertiary/aromatic N) is 1. The fourth-order valence-corrected chi connectivity index (χ4v) is 3.34. The van der Waals surface area contributed by atoms with Crippen LogP contribution in [0, 0.1) is 0 Å². The zero-order chi connectivity index (χ0) is 18.0. The van der Waals surface area contributed by atoms with Gasteiger partial charge < -0.3 is 9.64 Å². The molecule has 3 rings (SSSR count). The second kappa shape index (κ2) is 6.60. The number of ether oxygens (including phenoxy) is 1. The Kier molecular flexibility index (Phi) is 4.49. The van der Waals surface area contributed by atoms with E-state index in [1.165, 1.54) is 5.56 Å². The number of fused-ring (bicyclic) bond motifs is 1. The Morgan fingerprint density at radius 1 is 1.08 bits per heavy atom. The molecule has 0 fully saturated rings. The number of anilines is 1. The first-order valence-electron chi connectivity index (χ1n) is 8.35. The first-order valence-corrected chi connectivity index (χ1v) is 8.35. The Hall–Kier alpha value is -2.81. The predicted molar refractivity (Wildman–Crippen MR) is 103 cm³/mol. The van der Waals surface area contributed by atoms with Gasteiger partial charge in [-0.2, -0.15) is 0 Å². The van der Waals surface area contributed by atoms with Crippen molar-refractivity contribution in [1.82, 2.24) is 0 Å². The standard InChI is InChI=1S/C22H23NO2/c1-22(2)19-7-5-6-8-20(19)23(3)21(22)15-17(24)12-9-16-10-13-18(25-4)14-11-16/h5-15H,1-4H3/b12-9+,21-15-. The molecule has 0 saturated carbocycles. The van der Waals surface area contributed by atoms with Crippen LogP contribution in [0.1, 0.15) is 25.0 Å². The zero-order valence-corrected chi connectivity index (χ0v) is 15.1. The Bertz CT molecular complexity index is 845. The molecule has 0 radical (unpaired) electrons. The number of benzene rings is 2. The predicted octanol–water partition coefficient (Wildman–Crippen LogP) is 4.59. The molecule has 2 aromatic carbocycles. The Labute approximate surface area is 149 Å². The van der Waals surface area contributed by atoms with Crippen LogP contribution in [0.3, 0.4) is 0 Å². The fraction of sp³-hybridized carbons (Fsp3) is 0.227. The fourth-order valence-electron chi connectivity index (χ4n) is 3.34. The summed E-state index contributed by atoms with van der Waals surface area (Å²) in [7, 11) is 3.65. The largest absolute Gasteiger partial charge is 0.497 e. The summed E-state index contributed by atoms with van der Waals surface area (Å²) >= 11 is 0. The van der Waals surface area contributed by atoms with E-state index in [1.807, 2.05) is 49.5 Å². The average Bonchev–Trinajstić information content (AvgIpc) is 2.82. The van der Waals surface area contributed by atoms with Gasteiger partial charge in [-0.3, -0.25) is 4.79 Å². The second-order valence-corrected chi connectivity index (χ2v) is 6.74. The molecule has 0 saturated heterocycles. The maximum Gasteiger partial charge on any atom is 0.180 e. The molecule has 0 bridgehead atoms. The summed E-state index contributed by atoms with van der Waals surface area (Å²) in [4.78, 5) is 14.6. The summed E-state index contributed by atoms with van der Waals surface area (Å²) in [5.41, 5.74) is 4.20. The molecule has 128 valence electrons. The highest BCUT2D eigenvalue weighted by molar-refractivity contribution is 6.03. The van der Waals surface area contributed by atoms with Gasteiger partial charge in [0.2, 0.25) is 0 Å². The molecule has 0 spiro atoms. The summed E-state index contributed by atoms with van der Waals surface area (Å²) in [6.07, 6.45) is 5.18. The average molecular weight is 333 g/mol. The molecule has 0 aromatic heterocycles. The molecule has 0 N–H and O–H groups in total. The molecular weight excluding hydrogens is 310 g/mol. The van der Waals surface area contributed by atoms with Gasteiger partial charge in [0, 0.05) is 29.9 Å². The number of hydrogen-bond donors (Lipinski definition) is 0. The summed E-state index contributed by atoms with van der Waals surface area (Å²) in [6.45, 7) is 4.31. The first kappa shape index (κ1) is 17.0. The molecule has 0 unspecified atom stereocenters. The van der Waals surface area contributed by atoms with Crippen LogP contribution in [0.25, 0.3) is 6.08 Å². The number of hydrogen-bond acceptors (Lipinski definition) is 3. The number of carbonyl (C=O) groups excluding carboxylic acids is 1. The molecule has 1 aliphatic heterocycles. The SMILES string of the molecule is COc1ccc(/C=C/C(=O)/C=C2\N(C)c3ccccc3C2(C)C)cc1. The molecule has 1 heterocycles. The number of para-hydroxylation sites is 1. The Balaban J connectivity index is 1.82. The van der Waals surface area contributed by atoms with E-state index in [4.69, 9.17) is 4.74 Å². The van der Waals surface area contributed by atoms with Crippen LogP contribution in [0.5, 0.6) is 5.75 Å². The van der Waals surface area contributed by atoms with E-state index in [-0.39, 0.29) is 11.2 Å². The first-order chi connectivity index (χ1) is 11.9. The lowest BCUT2D eigenvalue weighted by Crippen LogP contribution is -2.23. The Morgan fingerprint density at radius 2 is 1.76 bits per heavy atom. The number of methoxy groups -OCH3 is 1. The number of likely N-dealkylation sites (N-methyl/N-ethyl adjacent to an activating group) is 1. The molecule has 25 heavy (non-hydrogen) atoms. The number of allylic oxidation sites excluding steroid dienone is 3. The van der Waals surface area contributed by atoms with Crippen molar-refractivity contribution in [3.8, 4) is 5.75 Å². The van der Waals surface area contributed by atoms with Gasteiger partial charge in [0.05, 0.1) is 7.11 Å². The minimum atomic E-state index is -0.186. The lowest BCUT2D eigenvalue weighted by atomic mass is 9.83. The quantitative estimate of drug-likeness (QED) is 0.767. The van der Waals surface area contributed by atoms with E-state index in [2.05, 4.69) is 30.9 Å². The third-order valence-electron chi connectivity index (χ3n) is 4.78. The van der Waals surface area contributed by atoms with E-state index in [1.54, 1.807) is 19.3 Å². The highest BCUT2D eigenvalue weighted by atomic mass is 16.5. The van der Waals surface area contributed by atoms with E-state index in [9.17, 15) is 4.79 Å². The molecule has 2 aromatic rings. The van der Waals surface area contributed by atoms with E-state index in [0.29, 0.717) is 0 Å². The van der Waals surface area contributed by atoms with Crippen LogP contribution in [0.4, 0.5) is 5.69 Å². The van der Waals surface area contributed by atoms with Gasteiger partial charge in [-0.05, 0) is 35.4 Å². The van der Waals surface area contributed by atoms with Gasteiger partial charge in [-0.15, -0.1) is 0 Å². The van der Waals surface area contributed by atoms with E-state index < -0.39 is 0 Å². The Morgan fingerprint density at radius 3 is 2.40 bits per heavy atom. The van der Waals surface area contributed by atoms with Gasteiger partial charge in [-0.1, -0.05) is 50.3 Å². The second-order valence-electron chi connectivity index (χ2n) is 6.74. The van der Waals surface area contributed by atoms with Crippen molar-refractivity contribution in [2.75, 3.05) is 19.1 Å². The molecular formula is C22H23NO2. The maximum atomic E-state index is 12.5. The van der Waals surface area contributed by atoms with Crippen molar-refractivity contribution < 1.29 is 9.53 Å². The summed E-state index contributed by atoms with van der Waals surface area (Å²) in [6, 6.07) is 15.9. The third kappa shape index (κ3) is 3.22. The van der Waals surface area contributed by atoms with Gasteiger partial charge in [0.15, 0.2) is 5.78 Å². The van der Waals surface area contributed by atoms with Gasteiger partial charge in [-0.25, -0.2) is 0 Å². The van der Waals surface area contributed by atoms with Crippen molar-refractivity contribution in [2.24, 2.45) is 0 Å². The van der Waals surface area contributed by atoms with Crippen molar-refractivity contribution in [3.63, 3.8) is 0 Å². The smallest absolute Gasteiger partial charge is 0.180 e. The molecule has 0 amide bonds. The minimum Gasteiger partial charge on any atom is -0.497 e. The normalized spacial score (nSPS) is 17.1. The monoisotopic (exact) mass is 333 g/mol. The molecule has 3 heteroatoms. The van der Waals surface area contributed by atoms with Crippen LogP contribution in [0.15, 0.2) is 66.4 Å². The van der Waals surface area contributed by atoms with Crippen LogP contribution in [-0.4, -0.2) is 19.9 Å². The summed E-state index contributed by atoms with van der Waals surface area (Å²) < 4.78 is 5.14. The number of ketones is 1. The highest BCUT2D eigenvalue weighted by Gasteiger charge is 2.38.